The molecule has 0 aliphatic carbocycles. The molecule has 1 heterocycles. The summed E-state index contributed by atoms with van der Waals surface area (Å²) in [4.78, 5) is 13.1. The maximum Gasteiger partial charge on any atom is 0.411 e. The number of hydrogen-bond donors (Lipinski definition) is 2. The summed E-state index contributed by atoms with van der Waals surface area (Å²) in [6.45, 7) is 6.02. The minimum Gasteiger partial charge on any atom is -0.509 e. The highest BCUT2D eigenvalue weighted by atomic mass is 16.6. The molecule has 0 saturated heterocycles. The zero-order valence-electron chi connectivity index (χ0n) is 9.63. The average molecular weight is 214 g/mol. The lowest BCUT2D eigenvalue weighted by Gasteiger charge is -2.24. The standard InChI is InChI=1S/C10H18N2O3/c1-10(2,3)15-9(14)12-5-7(11-4)8(13)6-12/h11,13H,5-6H2,1-4H3. The van der Waals surface area contributed by atoms with E-state index in [-0.39, 0.29) is 12.3 Å². The number of carbonyl (C=O) groups is 1. The van der Waals surface area contributed by atoms with Crippen molar-refractivity contribution in [2.24, 2.45) is 0 Å². The van der Waals surface area contributed by atoms with Gasteiger partial charge in [0.05, 0.1) is 18.8 Å². The molecule has 1 aliphatic rings. The predicted octanol–water partition coefficient (Wildman–Crippen LogP) is 1.23. The van der Waals surface area contributed by atoms with Gasteiger partial charge in [-0.05, 0) is 20.8 Å². The molecule has 0 radical (unpaired) electrons. The fourth-order valence-electron chi connectivity index (χ4n) is 1.29. The van der Waals surface area contributed by atoms with Gasteiger partial charge in [-0.3, -0.25) is 4.90 Å². The van der Waals surface area contributed by atoms with Crippen LogP contribution in [0.3, 0.4) is 0 Å². The van der Waals surface area contributed by atoms with Crippen molar-refractivity contribution in [3.05, 3.63) is 11.5 Å². The predicted molar refractivity (Wildman–Crippen MR) is 56.5 cm³/mol. The van der Waals surface area contributed by atoms with Gasteiger partial charge in [0, 0.05) is 7.05 Å². The highest BCUT2D eigenvalue weighted by molar-refractivity contribution is 5.69. The van der Waals surface area contributed by atoms with Gasteiger partial charge in [0.15, 0.2) is 0 Å². The molecule has 0 aromatic carbocycles. The molecular formula is C10H18N2O3. The van der Waals surface area contributed by atoms with E-state index in [9.17, 15) is 9.90 Å². The Kier molecular flexibility index (Phi) is 3.12. The summed E-state index contributed by atoms with van der Waals surface area (Å²) >= 11 is 0. The van der Waals surface area contributed by atoms with E-state index >= 15 is 0 Å². The molecule has 0 atom stereocenters. The van der Waals surface area contributed by atoms with Crippen LogP contribution < -0.4 is 5.32 Å². The second kappa shape index (κ2) is 4.00. The van der Waals surface area contributed by atoms with Crippen LogP contribution in [0.15, 0.2) is 11.5 Å². The Morgan fingerprint density at radius 2 is 2.07 bits per heavy atom. The zero-order valence-corrected chi connectivity index (χ0v) is 9.63. The van der Waals surface area contributed by atoms with Crippen LogP contribution in [0.5, 0.6) is 0 Å². The Balaban J connectivity index is 2.54. The molecule has 1 rings (SSSR count). The maximum absolute atomic E-state index is 11.6. The van der Waals surface area contributed by atoms with Crippen LogP contribution >= 0.6 is 0 Å². The number of hydrogen-bond acceptors (Lipinski definition) is 4. The second-order valence-corrected chi connectivity index (χ2v) is 4.51. The van der Waals surface area contributed by atoms with Crippen molar-refractivity contribution < 1.29 is 14.6 Å². The third kappa shape index (κ3) is 3.04. The molecule has 0 bridgehead atoms. The first-order chi connectivity index (χ1) is 6.83. The molecule has 86 valence electrons. The van der Waals surface area contributed by atoms with Gasteiger partial charge in [-0.15, -0.1) is 0 Å². The summed E-state index contributed by atoms with van der Waals surface area (Å²) in [7, 11) is 1.71. The largest absolute Gasteiger partial charge is 0.509 e. The second-order valence-electron chi connectivity index (χ2n) is 4.51. The van der Waals surface area contributed by atoms with E-state index in [1.165, 1.54) is 4.90 Å². The minimum absolute atomic E-state index is 0.198. The summed E-state index contributed by atoms with van der Waals surface area (Å²) in [6.07, 6.45) is -0.403. The molecule has 0 unspecified atom stereocenters. The van der Waals surface area contributed by atoms with E-state index in [0.29, 0.717) is 12.2 Å². The normalized spacial score (nSPS) is 16.9. The fourth-order valence-corrected chi connectivity index (χ4v) is 1.29. The smallest absolute Gasteiger partial charge is 0.411 e. The lowest BCUT2D eigenvalue weighted by molar-refractivity contribution is 0.0289. The number of amides is 1. The SMILES string of the molecule is CNC1=C(O)CN(C(=O)OC(C)(C)C)C1. The number of nitrogens with one attached hydrogen (secondary N) is 1. The van der Waals surface area contributed by atoms with E-state index in [2.05, 4.69) is 5.32 Å². The number of rotatable bonds is 1. The van der Waals surface area contributed by atoms with Crippen LogP contribution in [-0.4, -0.2) is 41.8 Å². The van der Waals surface area contributed by atoms with Gasteiger partial charge in [0.25, 0.3) is 0 Å². The van der Waals surface area contributed by atoms with E-state index in [1.54, 1.807) is 7.05 Å². The molecule has 5 heteroatoms. The number of ether oxygens (including phenoxy) is 1. The molecule has 0 aromatic heterocycles. The number of likely N-dealkylation sites (N-methyl/N-ethyl adjacent to an activating group) is 1. The highest BCUT2D eigenvalue weighted by Gasteiger charge is 2.28. The lowest BCUT2D eigenvalue weighted by Crippen LogP contribution is -2.36. The minimum atomic E-state index is -0.505. The number of carbonyl (C=O) groups excluding carboxylic acids is 1. The van der Waals surface area contributed by atoms with Gasteiger partial charge in [-0.1, -0.05) is 0 Å². The summed E-state index contributed by atoms with van der Waals surface area (Å²) in [5.74, 6) is 0.198. The first-order valence-corrected chi connectivity index (χ1v) is 4.90. The number of nitrogens with zero attached hydrogens (tertiary/aromatic N) is 1. The molecule has 2 N–H and O–H groups in total. The number of aliphatic hydroxyl groups excluding tert-OH is 1. The molecule has 1 amide bonds. The first-order valence-electron chi connectivity index (χ1n) is 4.90. The summed E-state index contributed by atoms with van der Waals surface area (Å²) < 4.78 is 5.18. The molecule has 5 nitrogen and oxygen atoms in total. The molecular weight excluding hydrogens is 196 g/mol. The van der Waals surface area contributed by atoms with Crippen LogP contribution in [0.25, 0.3) is 0 Å². The lowest BCUT2D eigenvalue weighted by atomic mass is 10.2. The summed E-state index contributed by atoms with van der Waals surface area (Å²) in [5.41, 5.74) is 0.163. The van der Waals surface area contributed by atoms with Gasteiger partial charge in [-0.2, -0.15) is 0 Å². The van der Waals surface area contributed by atoms with E-state index in [4.69, 9.17) is 4.74 Å². The van der Waals surface area contributed by atoms with Gasteiger partial charge in [-0.25, -0.2) is 4.79 Å². The van der Waals surface area contributed by atoms with Crippen molar-refractivity contribution in [3.8, 4) is 0 Å². The fraction of sp³-hybridized carbons (Fsp3) is 0.700. The van der Waals surface area contributed by atoms with Crippen LogP contribution in [0.1, 0.15) is 20.8 Å². The zero-order chi connectivity index (χ0) is 11.6. The Morgan fingerprint density at radius 1 is 1.47 bits per heavy atom. The van der Waals surface area contributed by atoms with Crippen molar-refractivity contribution in [1.29, 1.82) is 0 Å². The molecule has 0 saturated carbocycles. The molecule has 15 heavy (non-hydrogen) atoms. The van der Waals surface area contributed by atoms with Gasteiger partial charge in [0.1, 0.15) is 11.4 Å². The summed E-state index contributed by atoms with van der Waals surface area (Å²) in [6, 6.07) is 0. The van der Waals surface area contributed by atoms with Crippen molar-refractivity contribution in [1.82, 2.24) is 10.2 Å². The monoisotopic (exact) mass is 214 g/mol. The van der Waals surface area contributed by atoms with Gasteiger partial charge >= 0.3 is 6.09 Å². The Morgan fingerprint density at radius 3 is 2.47 bits per heavy atom. The van der Waals surface area contributed by atoms with Crippen molar-refractivity contribution in [2.75, 3.05) is 20.1 Å². The number of aliphatic hydroxyl groups is 1. The highest BCUT2D eigenvalue weighted by Crippen LogP contribution is 2.16. The quantitative estimate of drug-likeness (QED) is 0.689. The maximum atomic E-state index is 11.6. The Labute approximate surface area is 89.7 Å². The van der Waals surface area contributed by atoms with Gasteiger partial charge in [0.2, 0.25) is 0 Å². The van der Waals surface area contributed by atoms with E-state index in [0.717, 1.165) is 0 Å². The van der Waals surface area contributed by atoms with Crippen molar-refractivity contribution in [3.63, 3.8) is 0 Å². The van der Waals surface area contributed by atoms with Crippen LogP contribution in [0, 0.1) is 0 Å². The molecule has 0 fully saturated rings. The van der Waals surface area contributed by atoms with Crippen LogP contribution in [0.4, 0.5) is 4.79 Å². The summed E-state index contributed by atoms with van der Waals surface area (Å²) in [5, 5.41) is 12.3. The third-order valence-electron chi connectivity index (χ3n) is 1.99. The molecule has 1 aliphatic heterocycles. The first kappa shape index (κ1) is 11.7. The van der Waals surface area contributed by atoms with Crippen LogP contribution in [-0.2, 0) is 4.74 Å². The van der Waals surface area contributed by atoms with E-state index < -0.39 is 11.7 Å². The van der Waals surface area contributed by atoms with E-state index in [1.807, 2.05) is 20.8 Å². The third-order valence-corrected chi connectivity index (χ3v) is 1.99. The molecule has 0 spiro atoms. The Bertz CT molecular complexity index is 292. The van der Waals surface area contributed by atoms with Crippen molar-refractivity contribution in [2.45, 2.75) is 26.4 Å². The Hall–Kier alpha value is -1.39. The van der Waals surface area contributed by atoms with Crippen molar-refractivity contribution >= 4 is 6.09 Å². The average Bonchev–Trinajstić information content (AvgIpc) is 2.43. The van der Waals surface area contributed by atoms with Gasteiger partial charge < -0.3 is 15.2 Å². The topological polar surface area (TPSA) is 61.8 Å². The molecule has 0 aromatic rings. The van der Waals surface area contributed by atoms with Crippen LogP contribution in [0.2, 0.25) is 0 Å².